The van der Waals surface area contributed by atoms with Crippen molar-refractivity contribution in [3.8, 4) is 0 Å². The van der Waals surface area contributed by atoms with E-state index in [0.29, 0.717) is 23.8 Å². The van der Waals surface area contributed by atoms with Crippen LogP contribution < -0.4 is 0 Å². The van der Waals surface area contributed by atoms with Gasteiger partial charge < -0.3 is 0 Å². The van der Waals surface area contributed by atoms with Crippen LogP contribution in [0, 0.1) is 5.92 Å². The Labute approximate surface area is 122 Å². The minimum atomic E-state index is 0.347. The average Bonchev–Trinajstić information content (AvgIpc) is 2.71. The number of fused-ring (bicyclic) bond motifs is 2. The van der Waals surface area contributed by atoms with Crippen molar-refractivity contribution in [1.29, 1.82) is 0 Å². The van der Waals surface area contributed by atoms with Crippen molar-refractivity contribution in [2.24, 2.45) is 5.92 Å². The highest BCUT2D eigenvalue weighted by Gasteiger charge is 2.42. The third kappa shape index (κ3) is 2.80. The molecule has 0 radical (unpaired) electrons. The number of nitrogens with zero attached hydrogens (tertiary/aromatic N) is 1. The van der Waals surface area contributed by atoms with Crippen molar-refractivity contribution in [2.75, 3.05) is 0 Å². The molecule has 2 atom stereocenters. The van der Waals surface area contributed by atoms with Crippen LogP contribution in [0.25, 0.3) is 0 Å². The van der Waals surface area contributed by atoms with E-state index in [0.717, 1.165) is 32.2 Å². The fraction of sp³-hybridized carbons (Fsp3) is 0.611. The standard InChI is InChI=1S/C18H25NO/c1-2-6-18(20)15-11-16-9-10-17(12-15)19(16)13-14-7-4-3-5-8-14/h3-5,7-8,15-17H,2,6,9-13H2,1H3. The van der Waals surface area contributed by atoms with Gasteiger partial charge in [0.2, 0.25) is 0 Å². The van der Waals surface area contributed by atoms with E-state index in [1.54, 1.807) is 0 Å². The molecule has 1 aromatic carbocycles. The number of ketones is 1. The quantitative estimate of drug-likeness (QED) is 0.812. The lowest BCUT2D eigenvalue weighted by Crippen LogP contribution is -2.44. The summed E-state index contributed by atoms with van der Waals surface area (Å²) >= 11 is 0. The number of benzene rings is 1. The first-order chi connectivity index (χ1) is 9.78. The highest BCUT2D eigenvalue weighted by atomic mass is 16.1. The van der Waals surface area contributed by atoms with Crippen LogP contribution in [-0.2, 0) is 11.3 Å². The van der Waals surface area contributed by atoms with Crippen LogP contribution in [0.5, 0.6) is 0 Å². The van der Waals surface area contributed by atoms with Gasteiger partial charge in [0.15, 0.2) is 0 Å². The Kier molecular flexibility index (Phi) is 4.21. The van der Waals surface area contributed by atoms with Gasteiger partial charge in [-0.25, -0.2) is 0 Å². The van der Waals surface area contributed by atoms with Crippen LogP contribution in [0.2, 0.25) is 0 Å². The lowest BCUT2D eigenvalue weighted by Gasteiger charge is -2.38. The highest BCUT2D eigenvalue weighted by molar-refractivity contribution is 5.81. The van der Waals surface area contributed by atoms with Crippen molar-refractivity contribution in [1.82, 2.24) is 4.90 Å². The van der Waals surface area contributed by atoms with Gasteiger partial charge in [0.1, 0.15) is 5.78 Å². The smallest absolute Gasteiger partial charge is 0.136 e. The van der Waals surface area contributed by atoms with Gasteiger partial charge in [-0.3, -0.25) is 9.69 Å². The zero-order chi connectivity index (χ0) is 13.9. The molecule has 2 aliphatic rings. The average molecular weight is 271 g/mol. The Morgan fingerprint density at radius 3 is 2.40 bits per heavy atom. The lowest BCUT2D eigenvalue weighted by molar-refractivity contribution is -0.125. The van der Waals surface area contributed by atoms with Gasteiger partial charge >= 0.3 is 0 Å². The molecule has 2 saturated heterocycles. The minimum absolute atomic E-state index is 0.347. The van der Waals surface area contributed by atoms with E-state index < -0.39 is 0 Å². The molecule has 0 aromatic heterocycles. The molecule has 1 aromatic rings. The van der Waals surface area contributed by atoms with Crippen LogP contribution >= 0.6 is 0 Å². The van der Waals surface area contributed by atoms with E-state index in [1.807, 2.05) is 0 Å². The van der Waals surface area contributed by atoms with Crippen molar-refractivity contribution >= 4 is 5.78 Å². The molecule has 0 spiro atoms. The number of Topliss-reactive ketones (excluding diaryl/α,β-unsaturated/α-hetero) is 1. The van der Waals surface area contributed by atoms with E-state index >= 15 is 0 Å². The summed E-state index contributed by atoms with van der Waals surface area (Å²) in [4.78, 5) is 14.8. The summed E-state index contributed by atoms with van der Waals surface area (Å²) in [6, 6.07) is 12.0. The normalized spacial score (nSPS) is 29.6. The molecular weight excluding hydrogens is 246 g/mol. The molecule has 2 unspecified atom stereocenters. The second-order valence-electron chi connectivity index (χ2n) is 6.43. The van der Waals surface area contributed by atoms with Gasteiger partial charge in [-0.1, -0.05) is 37.3 Å². The Morgan fingerprint density at radius 1 is 1.15 bits per heavy atom. The van der Waals surface area contributed by atoms with Gasteiger partial charge in [0, 0.05) is 31.0 Å². The fourth-order valence-electron chi connectivity index (χ4n) is 4.04. The van der Waals surface area contributed by atoms with Crippen LogP contribution in [-0.4, -0.2) is 22.8 Å². The molecule has 0 amide bonds. The van der Waals surface area contributed by atoms with E-state index in [2.05, 4.69) is 42.2 Å². The third-order valence-electron chi connectivity index (χ3n) is 5.04. The van der Waals surface area contributed by atoms with Crippen LogP contribution in [0.4, 0.5) is 0 Å². The van der Waals surface area contributed by atoms with Crippen LogP contribution in [0.15, 0.2) is 30.3 Å². The van der Waals surface area contributed by atoms with Gasteiger partial charge in [0.25, 0.3) is 0 Å². The molecule has 3 rings (SSSR count). The Bertz CT molecular complexity index is 442. The Morgan fingerprint density at radius 2 is 1.80 bits per heavy atom. The number of hydrogen-bond acceptors (Lipinski definition) is 2. The van der Waals surface area contributed by atoms with Crippen molar-refractivity contribution in [2.45, 2.75) is 64.1 Å². The summed E-state index contributed by atoms with van der Waals surface area (Å²) in [5.74, 6) is 0.864. The van der Waals surface area contributed by atoms with E-state index in [-0.39, 0.29) is 0 Å². The summed E-state index contributed by atoms with van der Waals surface area (Å²) in [5.41, 5.74) is 1.41. The maximum Gasteiger partial charge on any atom is 0.136 e. The summed E-state index contributed by atoms with van der Waals surface area (Å²) < 4.78 is 0. The second-order valence-corrected chi connectivity index (χ2v) is 6.43. The highest BCUT2D eigenvalue weighted by Crippen LogP contribution is 2.40. The summed E-state index contributed by atoms with van der Waals surface area (Å²) in [7, 11) is 0. The molecule has 2 fully saturated rings. The topological polar surface area (TPSA) is 20.3 Å². The number of carbonyl (C=O) groups is 1. The van der Waals surface area contributed by atoms with Crippen molar-refractivity contribution in [3.05, 3.63) is 35.9 Å². The lowest BCUT2D eigenvalue weighted by atomic mass is 9.85. The zero-order valence-electron chi connectivity index (χ0n) is 12.4. The molecule has 2 nitrogen and oxygen atoms in total. The molecule has 0 saturated carbocycles. The number of hydrogen-bond donors (Lipinski definition) is 0. The molecule has 2 aliphatic heterocycles. The van der Waals surface area contributed by atoms with Gasteiger partial charge in [-0.15, -0.1) is 0 Å². The molecule has 0 N–H and O–H groups in total. The molecule has 20 heavy (non-hydrogen) atoms. The second kappa shape index (κ2) is 6.09. The first-order valence-corrected chi connectivity index (χ1v) is 8.10. The van der Waals surface area contributed by atoms with Crippen molar-refractivity contribution < 1.29 is 4.79 Å². The number of carbonyl (C=O) groups excluding carboxylic acids is 1. The van der Waals surface area contributed by atoms with E-state index in [9.17, 15) is 4.79 Å². The summed E-state index contributed by atoms with van der Waals surface area (Å²) in [5, 5.41) is 0. The molecule has 0 aliphatic carbocycles. The first kappa shape index (κ1) is 13.8. The van der Waals surface area contributed by atoms with Gasteiger partial charge in [-0.05, 0) is 37.7 Å². The Hall–Kier alpha value is -1.15. The fourth-order valence-corrected chi connectivity index (χ4v) is 4.04. The molecular formula is C18H25NO. The zero-order valence-corrected chi connectivity index (χ0v) is 12.4. The van der Waals surface area contributed by atoms with Crippen LogP contribution in [0.1, 0.15) is 51.0 Å². The SMILES string of the molecule is CCCC(=O)C1CC2CCC(C1)N2Cc1ccccc1. The Balaban J connectivity index is 1.65. The maximum atomic E-state index is 12.2. The van der Waals surface area contributed by atoms with E-state index in [4.69, 9.17) is 0 Å². The summed E-state index contributed by atoms with van der Waals surface area (Å²) in [6.45, 7) is 3.17. The molecule has 2 heteroatoms. The summed E-state index contributed by atoms with van der Waals surface area (Å²) in [6.07, 6.45) is 6.55. The molecule has 2 heterocycles. The number of piperidine rings is 1. The van der Waals surface area contributed by atoms with Gasteiger partial charge in [0.05, 0.1) is 0 Å². The van der Waals surface area contributed by atoms with Crippen LogP contribution in [0.3, 0.4) is 0 Å². The largest absolute Gasteiger partial charge is 0.299 e. The maximum absolute atomic E-state index is 12.2. The first-order valence-electron chi connectivity index (χ1n) is 8.10. The van der Waals surface area contributed by atoms with Crippen molar-refractivity contribution in [3.63, 3.8) is 0 Å². The molecule has 2 bridgehead atoms. The van der Waals surface area contributed by atoms with E-state index in [1.165, 1.54) is 18.4 Å². The number of rotatable bonds is 5. The molecule has 108 valence electrons. The predicted molar refractivity (Wildman–Crippen MR) is 81.4 cm³/mol. The predicted octanol–water partition coefficient (Wildman–Crippen LogP) is 3.80. The minimum Gasteiger partial charge on any atom is -0.299 e. The van der Waals surface area contributed by atoms with Gasteiger partial charge in [-0.2, -0.15) is 0 Å². The monoisotopic (exact) mass is 271 g/mol. The third-order valence-corrected chi connectivity index (χ3v) is 5.04.